The normalized spacial score (nSPS) is 11.2. The van der Waals surface area contributed by atoms with E-state index in [9.17, 15) is 0 Å². The molecule has 0 atom stereocenters. The Morgan fingerprint density at radius 2 is 1.75 bits per heavy atom. The molecule has 20 heavy (non-hydrogen) atoms. The van der Waals surface area contributed by atoms with Crippen molar-refractivity contribution in [1.82, 2.24) is 0 Å². The lowest BCUT2D eigenvalue weighted by Crippen LogP contribution is -2.08. The van der Waals surface area contributed by atoms with Crippen molar-refractivity contribution in [2.24, 2.45) is 0 Å². The van der Waals surface area contributed by atoms with Crippen LogP contribution >= 0.6 is 11.6 Å². The maximum Gasteiger partial charge on any atom is 0.0412 e. The number of hydrogen-bond acceptors (Lipinski definition) is 1. The highest BCUT2D eigenvalue weighted by Gasteiger charge is 2.05. The molecule has 102 valence electrons. The second-order valence-electron chi connectivity index (χ2n) is 4.77. The van der Waals surface area contributed by atoms with Gasteiger partial charge in [0.05, 0.1) is 0 Å². The van der Waals surface area contributed by atoms with E-state index in [4.69, 9.17) is 11.6 Å². The van der Waals surface area contributed by atoms with Crippen molar-refractivity contribution in [2.75, 3.05) is 19.0 Å². The van der Waals surface area contributed by atoms with Crippen molar-refractivity contribution in [3.63, 3.8) is 0 Å². The fourth-order valence-corrected chi connectivity index (χ4v) is 2.26. The fraction of sp³-hybridized carbons (Fsp3) is 0.111. The van der Waals surface area contributed by atoms with Crippen LogP contribution in [0.5, 0.6) is 0 Å². The van der Waals surface area contributed by atoms with E-state index in [1.165, 1.54) is 5.69 Å². The molecule has 2 aromatic carbocycles. The van der Waals surface area contributed by atoms with Gasteiger partial charge in [0.2, 0.25) is 0 Å². The monoisotopic (exact) mass is 283 g/mol. The predicted molar refractivity (Wildman–Crippen MR) is 89.5 cm³/mol. The topological polar surface area (TPSA) is 3.24 Å². The van der Waals surface area contributed by atoms with Crippen molar-refractivity contribution in [3.8, 4) is 0 Å². The molecule has 0 aliphatic rings. The minimum atomic E-state index is 0.738. The molecule has 0 saturated carbocycles. The Morgan fingerprint density at radius 1 is 1.05 bits per heavy atom. The van der Waals surface area contributed by atoms with E-state index in [1.54, 1.807) is 6.08 Å². The first kappa shape index (κ1) is 14.4. The molecule has 0 unspecified atom stereocenters. The minimum Gasteiger partial charge on any atom is -0.378 e. The van der Waals surface area contributed by atoms with Gasteiger partial charge >= 0.3 is 0 Å². The summed E-state index contributed by atoms with van der Waals surface area (Å²) in [6.45, 7) is 3.80. The van der Waals surface area contributed by atoms with Gasteiger partial charge in [0.1, 0.15) is 0 Å². The molecular weight excluding hydrogens is 266 g/mol. The van der Waals surface area contributed by atoms with E-state index in [-0.39, 0.29) is 0 Å². The van der Waals surface area contributed by atoms with Crippen LogP contribution in [0.4, 0.5) is 5.69 Å². The summed E-state index contributed by atoms with van der Waals surface area (Å²) in [6.07, 6.45) is 3.81. The van der Waals surface area contributed by atoms with Crippen LogP contribution in [0.25, 0.3) is 5.57 Å². The Morgan fingerprint density at radius 3 is 2.30 bits per heavy atom. The third kappa shape index (κ3) is 3.31. The maximum absolute atomic E-state index is 6.08. The summed E-state index contributed by atoms with van der Waals surface area (Å²) in [5, 5.41) is 0.738. The molecule has 0 radical (unpaired) electrons. The zero-order chi connectivity index (χ0) is 14.5. The first-order chi connectivity index (χ1) is 9.61. The van der Waals surface area contributed by atoms with Crippen molar-refractivity contribution in [2.45, 2.75) is 0 Å². The van der Waals surface area contributed by atoms with Crippen LogP contribution in [0.2, 0.25) is 5.02 Å². The van der Waals surface area contributed by atoms with Crippen LogP contribution in [-0.4, -0.2) is 14.1 Å². The Kier molecular flexibility index (Phi) is 4.65. The summed E-state index contributed by atoms with van der Waals surface area (Å²) in [6, 6.07) is 16.3. The van der Waals surface area contributed by atoms with Gasteiger partial charge in [-0.05, 0) is 41.0 Å². The second-order valence-corrected chi connectivity index (χ2v) is 5.20. The second kappa shape index (κ2) is 6.44. The van der Waals surface area contributed by atoms with Crippen LogP contribution in [0, 0.1) is 0 Å². The van der Waals surface area contributed by atoms with Gasteiger partial charge < -0.3 is 4.90 Å². The Hall–Kier alpha value is -1.99. The summed E-state index contributed by atoms with van der Waals surface area (Å²) in [5.74, 6) is 0. The number of halogens is 1. The van der Waals surface area contributed by atoms with Gasteiger partial charge in [0.15, 0.2) is 0 Å². The summed E-state index contributed by atoms with van der Waals surface area (Å²) in [7, 11) is 4.07. The molecule has 0 bridgehead atoms. The molecule has 0 heterocycles. The highest BCUT2D eigenvalue weighted by molar-refractivity contribution is 6.30. The molecule has 0 N–H and O–H groups in total. The molecule has 0 aliphatic carbocycles. The third-order valence-corrected chi connectivity index (χ3v) is 3.35. The average molecular weight is 284 g/mol. The summed E-state index contributed by atoms with van der Waals surface area (Å²) in [5.41, 5.74) is 4.54. The van der Waals surface area contributed by atoms with Gasteiger partial charge in [-0.3, -0.25) is 0 Å². The van der Waals surface area contributed by atoms with Gasteiger partial charge in [0.25, 0.3) is 0 Å². The zero-order valence-corrected chi connectivity index (χ0v) is 12.6. The van der Waals surface area contributed by atoms with Crippen LogP contribution < -0.4 is 4.90 Å². The fourth-order valence-electron chi connectivity index (χ4n) is 2.07. The molecule has 2 rings (SSSR count). The van der Waals surface area contributed by atoms with E-state index in [0.717, 1.165) is 21.7 Å². The van der Waals surface area contributed by atoms with Gasteiger partial charge in [-0.15, -0.1) is 0 Å². The Bertz CT molecular complexity index is 624. The molecule has 2 aromatic rings. The average Bonchev–Trinajstić information content (AvgIpc) is 2.45. The highest BCUT2D eigenvalue weighted by atomic mass is 35.5. The van der Waals surface area contributed by atoms with Crippen LogP contribution in [0.1, 0.15) is 11.1 Å². The zero-order valence-electron chi connectivity index (χ0n) is 11.8. The van der Waals surface area contributed by atoms with Gasteiger partial charge in [-0.1, -0.05) is 54.6 Å². The van der Waals surface area contributed by atoms with E-state index in [2.05, 4.69) is 41.8 Å². The van der Waals surface area contributed by atoms with E-state index in [1.807, 2.05) is 38.4 Å². The predicted octanol–water partition coefficient (Wildman–Crippen LogP) is 5.02. The maximum atomic E-state index is 6.08. The van der Waals surface area contributed by atoms with Gasteiger partial charge in [-0.25, -0.2) is 0 Å². The van der Waals surface area contributed by atoms with Gasteiger partial charge in [-0.2, -0.15) is 0 Å². The lowest BCUT2D eigenvalue weighted by molar-refractivity contribution is 1.13. The van der Waals surface area contributed by atoms with Gasteiger partial charge in [0, 0.05) is 24.8 Å². The number of rotatable bonds is 4. The Balaban J connectivity index is 2.44. The number of benzene rings is 2. The standard InChI is InChI=1S/C18H18ClN/c1-4-6-18(15-7-5-8-16(19)13-15)14-9-11-17(12-10-14)20(2)3/h4-13H,1H2,2-3H3. The Labute approximate surface area is 125 Å². The number of hydrogen-bond donors (Lipinski definition) is 0. The summed E-state index contributed by atoms with van der Waals surface area (Å²) >= 11 is 6.08. The highest BCUT2D eigenvalue weighted by Crippen LogP contribution is 2.27. The van der Waals surface area contributed by atoms with Crippen molar-refractivity contribution < 1.29 is 0 Å². The molecule has 0 amide bonds. The number of allylic oxidation sites excluding steroid dienone is 2. The quantitative estimate of drug-likeness (QED) is 0.712. The SMILES string of the molecule is C=CC=C(c1ccc(N(C)C)cc1)c1cccc(Cl)c1. The molecule has 0 spiro atoms. The molecule has 0 aromatic heterocycles. The molecule has 2 heteroatoms. The van der Waals surface area contributed by atoms with E-state index < -0.39 is 0 Å². The van der Waals surface area contributed by atoms with Crippen molar-refractivity contribution >= 4 is 22.9 Å². The molecule has 0 saturated heterocycles. The minimum absolute atomic E-state index is 0.738. The number of nitrogens with zero attached hydrogens (tertiary/aromatic N) is 1. The molecule has 0 aliphatic heterocycles. The smallest absolute Gasteiger partial charge is 0.0412 e. The van der Waals surface area contributed by atoms with Crippen LogP contribution in [0.15, 0.2) is 67.3 Å². The van der Waals surface area contributed by atoms with E-state index in [0.29, 0.717) is 0 Å². The first-order valence-corrected chi connectivity index (χ1v) is 6.86. The first-order valence-electron chi connectivity index (χ1n) is 6.48. The summed E-state index contributed by atoms with van der Waals surface area (Å²) < 4.78 is 0. The molecular formula is C18H18ClN. The lowest BCUT2D eigenvalue weighted by Gasteiger charge is -2.14. The summed E-state index contributed by atoms with van der Waals surface area (Å²) in [4.78, 5) is 2.08. The van der Waals surface area contributed by atoms with Crippen LogP contribution in [0.3, 0.4) is 0 Å². The van der Waals surface area contributed by atoms with Crippen LogP contribution in [-0.2, 0) is 0 Å². The lowest BCUT2D eigenvalue weighted by atomic mass is 9.97. The van der Waals surface area contributed by atoms with Crippen molar-refractivity contribution in [1.29, 1.82) is 0 Å². The van der Waals surface area contributed by atoms with E-state index >= 15 is 0 Å². The van der Waals surface area contributed by atoms with Crippen molar-refractivity contribution in [3.05, 3.63) is 83.4 Å². The number of anilines is 1. The third-order valence-electron chi connectivity index (χ3n) is 3.11. The molecule has 0 fully saturated rings. The molecule has 1 nitrogen and oxygen atoms in total. The largest absolute Gasteiger partial charge is 0.378 e.